The summed E-state index contributed by atoms with van der Waals surface area (Å²) in [4.78, 5) is 11.9. The number of benzene rings is 1. The second-order valence-electron chi connectivity index (χ2n) is 6.98. The van der Waals surface area contributed by atoms with Gasteiger partial charge < -0.3 is 14.0 Å². The zero-order valence-electron chi connectivity index (χ0n) is 16.9. The number of aromatic nitrogens is 3. The Balaban J connectivity index is 1.91. The molecule has 150 valence electrons. The molecule has 0 saturated heterocycles. The standard InChI is InChI=1S/C22H24N4O3/c1-5-29-22(27)18-10-24-26(12-18)19-6-7-21-20(8-19)17(9-23)11-25(21)16(4)14-28-13-15(2)3/h6-8,10-12,16H,2,5,13-14H2,1,3-4H3. The van der Waals surface area contributed by atoms with E-state index in [-0.39, 0.29) is 6.04 Å². The van der Waals surface area contributed by atoms with Crippen LogP contribution in [-0.2, 0) is 9.47 Å². The predicted octanol–water partition coefficient (Wildman–Crippen LogP) is 4.03. The van der Waals surface area contributed by atoms with Crippen molar-refractivity contribution < 1.29 is 14.3 Å². The molecule has 0 N–H and O–H groups in total. The first-order valence-corrected chi connectivity index (χ1v) is 9.43. The second kappa shape index (κ2) is 8.76. The molecule has 7 heteroatoms. The van der Waals surface area contributed by atoms with Crippen LogP contribution < -0.4 is 0 Å². The highest BCUT2D eigenvalue weighted by atomic mass is 16.5. The van der Waals surface area contributed by atoms with Crippen LogP contribution in [0.1, 0.15) is 42.7 Å². The van der Waals surface area contributed by atoms with Crippen LogP contribution in [-0.4, -0.2) is 40.1 Å². The van der Waals surface area contributed by atoms with E-state index in [0.29, 0.717) is 30.9 Å². The van der Waals surface area contributed by atoms with E-state index < -0.39 is 5.97 Å². The van der Waals surface area contributed by atoms with Crippen molar-refractivity contribution in [3.8, 4) is 11.8 Å². The van der Waals surface area contributed by atoms with Crippen molar-refractivity contribution in [3.05, 3.63) is 60.1 Å². The normalized spacial score (nSPS) is 11.9. The zero-order valence-corrected chi connectivity index (χ0v) is 16.9. The molecule has 0 bridgehead atoms. The van der Waals surface area contributed by atoms with E-state index >= 15 is 0 Å². The number of esters is 1. The first-order valence-electron chi connectivity index (χ1n) is 9.43. The quantitative estimate of drug-likeness (QED) is 0.427. The van der Waals surface area contributed by atoms with Crippen LogP contribution in [0.3, 0.4) is 0 Å². The Morgan fingerprint density at radius 1 is 1.38 bits per heavy atom. The van der Waals surface area contributed by atoms with Gasteiger partial charge in [-0.25, -0.2) is 9.48 Å². The molecule has 0 amide bonds. The number of rotatable bonds is 8. The van der Waals surface area contributed by atoms with Crippen molar-refractivity contribution in [1.82, 2.24) is 14.3 Å². The summed E-state index contributed by atoms with van der Waals surface area (Å²) in [6, 6.07) is 8.07. The fourth-order valence-electron chi connectivity index (χ4n) is 3.11. The molecule has 1 unspecified atom stereocenters. The molecule has 3 aromatic rings. The lowest BCUT2D eigenvalue weighted by Gasteiger charge is -2.16. The molecule has 2 heterocycles. The van der Waals surface area contributed by atoms with Crippen molar-refractivity contribution in [1.29, 1.82) is 5.26 Å². The lowest BCUT2D eigenvalue weighted by atomic mass is 10.1. The van der Waals surface area contributed by atoms with Gasteiger partial charge in [0.25, 0.3) is 0 Å². The maximum absolute atomic E-state index is 11.9. The van der Waals surface area contributed by atoms with Crippen LogP contribution in [0.5, 0.6) is 0 Å². The minimum atomic E-state index is -0.410. The number of ether oxygens (including phenoxy) is 2. The van der Waals surface area contributed by atoms with Gasteiger partial charge in [0.15, 0.2) is 0 Å². The van der Waals surface area contributed by atoms with Gasteiger partial charge >= 0.3 is 5.97 Å². The minimum Gasteiger partial charge on any atom is -0.462 e. The summed E-state index contributed by atoms with van der Waals surface area (Å²) in [5, 5.41) is 14.7. The summed E-state index contributed by atoms with van der Waals surface area (Å²) in [7, 11) is 0. The van der Waals surface area contributed by atoms with E-state index in [1.165, 1.54) is 6.20 Å². The van der Waals surface area contributed by atoms with Crippen LogP contribution in [0.25, 0.3) is 16.6 Å². The Hall–Kier alpha value is -3.37. The summed E-state index contributed by atoms with van der Waals surface area (Å²) in [6.07, 6.45) is 4.94. The Kier molecular flexibility index (Phi) is 6.15. The first-order chi connectivity index (χ1) is 13.9. The Labute approximate surface area is 169 Å². The molecule has 0 spiro atoms. The summed E-state index contributed by atoms with van der Waals surface area (Å²) in [5.74, 6) is -0.410. The van der Waals surface area contributed by atoms with E-state index in [9.17, 15) is 10.1 Å². The number of carbonyl (C=O) groups excluding carboxylic acids is 1. The van der Waals surface area contributed by atoms with Crippen LogP contribution in [0, 0.1) is 11.3 Å². The Morgan fingerprint density at radius 2 is 2.17 bits per heavy atom. The minimum absolute atomic E-state index is 0.0601. The van der Waals surface area contributed by atoms with Gasteiger partial charge in [-0.15, -0.1) is 0 Å². The van der Waals surface area contributed by atoms with Crippen LogP contribution in [0.4, 0.5) is 0 Å². The van der Waals surface area contributed by atoms with Gasteiger partial charge in [0.1, 0.15) is 6.07 Å². The zero-order chi connectivity index (χ0) is 21.0. The van der Waals surface area contributed by atoms with Gasteiger partial charge in [0.05, 0.1) is 48.9 Å². The monoisotopic (exact) mass is 392 g/mol. The SMILES string of the molecule is C=C(C)COCC(C)n1cc(C#N)c2cc(-n3cc(C(=O)OCC)cn3)ccc21. The van der Waals surface area contributed by atoms with Crippen molar-refractivity contribution in [3.63, 3.8) is 0 Å². The third-order valence-corrected chi connectivity index (χ3v) is 4.48. The van der Waals surface area contributed by atoms with E-state index in [1.54, 1.807) is 17.8 Å². The molecule has 0 aliphatic carbocycles. The molecule has 3 rings (SSSR count). The van der Waals surface area contributed by atoms with Crippen LogP contribution in [0.15, 0.2) is 48.9 Å². The number of carbonyl (C=O) groups is 1. The van der Waals surface area contributed by atoms with E-state index in [0.717, 1.165) is 22.2 Å². The number of nitrogens with zero attached hydrogens (tertiary/aromatic N) is 4. The highest BCUT2D eigenvalue weighted by molar-refractivity contribution is 5.90. The summed E-state index contributed by atoms with van der Waals surface area (Å²) in [5.41, 5.74) is 3.63. The van der Waals surface area contributed by atoms with Crippen molar-refractivity contribution in [2.75, 3.05) is 19.8 Å². The number of hydrogen-bond acceptors (Lipinski definition) is 5. The topological polar surface area (TPSA) is 82.1 Å². The molecular formula is C22H24N4O3. The molecule has 0 radical (unpaired) electrons. The molecule has 0 aliphatic heterocycles. The summed E-state index contributed by atoms with van der Waals surface area (Å²) < 4.78 is 14.3. The lowest BCUT2D eigenvalue weighted by molar-refractivity contribution is 0.0526. The fourth-order valence-corrected chi connectivity index (χ4v) is 3.11. The average Bonchev–Trinajstić information content (AvgIpc) is 3.32. The van der Waals surface area contributed by atoms with E-state index in [1.807, 2.05) is 42.8 Å². The average molecular weight is 392 g/mol. The molecule has 0 fully saturated rings. The van der Waals surface area contributed by atoms with Crippen molar-refractivity contribution in [2.45, 2.75) is 26.8 Å². The Bertz CT molecular complexity index is 1090. The fraction of sp³-hybridized carbons (Fsp3) is 0.318. The van der Waals surface area contributed by atoms with Gasteiger partial charge in [-0.1, -0.05) is 12.2 Å². The smallest absolute Gasteiger partial charge is 0.341 e. The van der Waals surface area contributed by atoms with Crippen LogP contribution in [0.2, 0.25) is 0 Å². The van der Waals surface area contributed by atoms with Crippen LogP contribution >= 0.6 is 0 Å². The molecule has 0 aliphatic rings. The predicted molar refractivity (Wildman–Crippen MR) is 110 cm³/mol. The van der Waals surface area contributed by atoms with Gasteiger partial charge in [0, 0.05) is 23.3 Å². The maximum atomic E-state index is 11.9. The van der Waals surface area contributed by atoms with Gasteiger partial charge in [0.2, 0.25) is 0 Å². The summed E-state index contributed by atoms with van der Waals surface area (Å²) in [6.45, 7) is 10.9. The van der Waals surface area contributed by atoms with Gasteiger partial charge in [-0.2, -0.15) is 10.4 Å². The molecule has 2 aromatic heterocycles. The van der Waals surface area contributed by atoms with Gasteiger partial charge in [-0.3, -0.25) is 0 Å². The van der Waals surface area contributed by atoms with E-state index in [4.69, 9.17) is 9.47 Å². The molecule has 7 nitrogen and oxygen atoms in total. The third kappa shape index (κ3) is 4.39. The number of fused-ring (bicyclic) bond motifs is 1. The number of nitriles is 1. The highest BCUT2D eigenvalue weighted by Gasteiger charge is 2.15. The Morgan fingerprint density at radius 3 is 2.86 bits per heavy atom. The van der Waals surface area contributed by atoms with Crippen molar-refractivity contribution in [2.24, 2.45) is 0 Å². The van der Waals surface area contributed by atoms with Crippen molar-refractivity contribution >= 4 is 16.9 Å². The highest BCUT2D eigenvalue weighted by Crippen LogP contribution is 2.27. The maximum Gasteiger partial charge on any atom is 0.341 e. The lowest BCUT2D eigenvalue weighted by Crippen LogP contribution is -2.12. The second-order valence-corrected chi connectivity index (χ2v) is 6.98. The van der Waals surface area contributed by atoms with Gasteiger partial charge in [-0.05, 0) is 39.0 Å². The third-order valence-electron chi connectivity index (χ3n) is 4.48. The molecular weight excluding hydrogens is 368 g/mol. The molecule has 29 heavy (non-hydrogen) atoms. The molecule has 1 aromatic carbocycles. The van der Waals surface area contributed by atoms with E-state index in [2.05, 4.69) is 17.7 Å². The first kappa shape index (κ1) is 20.4. The molecule has 0 saturated carbocycles. The summed E-state index contributed by atoms with van der Waals surface area (Å²) >= 11 is 0. The number of hydrogen-bond donors (Lipinski definition) is 0. The largest absolute Gasteiger partial charge is 0.462 e. The molecule has 1 atom stereocenters.